The van der Waals surface area contributed by atoms with Gasteiger partial charge < -0.3 is 14.6 Å². The minimum absolute atomic E-state index is 0.0410. The summed E-state index contributed by atoms with van der Waals surface area (Å²) in [4.78, 5) is 27.0. The average Bonchev–Trinajstić information content (AvgIpc) is 2.69. The molecule has 6 nitrogen and oxygen atoms in total. The Kier molecular flexibility index (Phi) is 9.53. The molecule has 162 valence electrons. The highest BCUT2D eigenvalue weighted by molar-refractivity contribution is 6.35. The second-order valence-corrected chi connectivity index (χ2v) is 8.02. The van der Waals surface area contributed by atoms with E-state index in [1.54, 1.807) is 19.9 Å². The number of carbonyl (C=O) groups is 2. The highest BCUT2D eigenvalue weighted by atomic mass is 35.5. The molecule has 0 spiro atoms. The second-order valence-electron chi connectivity index (χ2n) is 7.17. The number of hydrogen-bond donors (Lipinski definition) is 1. The van der Waals surface area contributed by atoms with Gasteiger partial charge in [0, 0.05) is 29.7 Å². The largest absolute Gasteiger partial charge is 0.506 e. The van der Waals surface area contributed by atoms with Gasteiger partial charge in [0.25, 0.3) is 0 Å². The van der Waals surface area contributed by atoms with Crippen molar-refractivity contribution in [2.75, 3.05) is 19.8 Å². The van der Waals surface area contributed by atoms with Crippen LogP contribution in [0.1, 0.15) is 51.5 Å². The number of aromatic hydroxyl groups is 1. The number of rotatable bonds is 9. The highest BCUT2D eigenvalue weighted by Gasteiger charge is 2.34. The van der Waals surface area contributed by atoms with Crippen molar-refractivity contribution in [3.8, 4) is 5.75 Å². The molecule has 2 rings (SSSR count). The molecule has 0 radical (unpaired) electrons. The van der Waals surface area contributed by atoms with Crippen LogP contribution in [0, 0.1) is 5.92 Å². The molecule has 8 heteroatoms. The lowest BCUT2D eigenvalue weighted by molar-refractivity contribution is -0.163. The summed E-state index contributed by atoms with van der Waals surface area (Å²) in [5, 5.41) is 11.0. The van der Waals surface area contributed by atoms with Crippen molar-refractivity contribution in [3.63, 3.8) is 0 Å². The van der Waals surface area contributed by atoms with Crippen LogP contribution in [0.4, 0.5) is 0 Å². The van der Waals surface area contributed by atoms with Crippen LogP contribution in [-0.2, 0) is 25.6 Å². The molecule has 1 fully saturated rings. The van der Waals surface area contributed by atoms with Crippen LogP contribution in [0.25, 0.3) is 0 Å². The lowest BCUT2D eigenvalue weighted by atomic mass is 9.92. The zero-order valence-corrected chi connectivity index (χ0v) is 18.5. The van der Waals surface area contributed by atoms with E-state index in [1.165, 1.54) is 6.07 Å². The Labute approximate surface area is 182 Å². The normalized spacial score (nSPS) is 15.0. The number of esters is 2. The Balaban J connectivity index is 2.30. The van der Waals surface area contributed by atoms with Crippen molar-refractivity contribution < 1.29 is 24.2 Å². The SMILES string of the molecule is CCOC(=O)C(CN(Cc1cc(Cl)cc(Cl)c1O)C1CCCCC1)C(=O)OCC. The van der Waals surface area contributed by atoms with Gasteiger partial charge in [-0.1, -0.05) is 42.5 Å². The maximum Gasteiger partial charge on any atom is 0.321 e. The Morgan fingerprint density at radius 2 is 1.69 bits per heavy atom. The van der Waals surface area contributed by atoms with E-state index in [-0.39, 0.29) is 36.6 Å². The van der Waals surface area contributed by atoms with Crippen molar-refractivity contribution in [2.45, 2.75) is 58.5 Å². The van der Waals surface area contributed by atoms with Gasteiger partial charge in [-0.05, 0) is 38.8 Å². The summed E-state index contributed by atoms with van der Waals surface area (Å²) < 4.78 is 10.2. The highest BCUT2D eigenvalue weighted by Crippen LogP contribution is 2.34. The molecule has 1 saturated carbocycles. The molecule has 29 heavy (non-hydrogen) atoms. The summed E-state index contributed by atoms with van der Waals surface area (Å²) in [6.45, 7) is 4.22. The lowest BCUT2D eigenvalue weighted by Gasteiger charge is -2.36. The molecule has 0 saturated heterocycles. The van der Waals surface area contributed by atoms with Crippen molar-refractivity contribution >= 4 is 35.1 Å². The third-order valence-electron chi connectivity index (χ3n) is 5.13. The fourth-order valence-electron chi connectivity index (χ4n) is 3.71. The van der Waals surface area contributed by atoms with Crippen molar-refractivity contribution in [2.24, 2.45) is 5.92 Å². The number of nitrogens with zero attached hydrogens (tertiary/aromatic N) is 1. The molecule has 0 heterocycles. The van der Waals surface area contributed by atoms with E-state index in [9.17, 15) is 14.7 Å². The van der Waals surface area contributed by atoms with Crippen LogP contribution >= 0.6 is 23.2 Å². The summed E-state index contributed by atoms with van der Waals surface area (Å²) in [5.41, 5.74) is 0.555. The number of phenolic OH excluding ortho intramolecular Hbond substituents is 1. The van der Waals surface area contributed by atoms with E-state index in [1.807, 2.05) is 4.90 Å². The monoisotopic (exact) mass is 445 g/mol. The minimum Gasteiger partial charge on any atom is -0.506 e. The van der Waals surface area contributed by atoms with Gasteiger partial charge in [-0.3, -0.25) is 14.5 Å². The first kappa shape index (κ1) is 23.8. The van der Waals surface area contributed by atoms with Gasteiger partial charge in [-0.25, -0.2) is 0 Å². The summed E-state index contributed by atoms with van der Waals surface area (Å²) in [5.74, 6) is -2.28. The summed E-state index contributed by atoms with van der Waals surface area (Å²) in [6.07, 6.45) is 5.22. The van der Waals surface area contributed by atoms with Crippen LogP contribution in [0.5, 0.6) is 5.75 Å². The van der Waals surface area contributed by atoms with Crippen molar-refractivity contribution in [3.05, 3.63) is 27.7 Å². The predicted octanol–water partition coefficient (Wildman–Crippen LogP) is 4.58. The third-order valence-corrected chi connectivity index (χ3v) is 5.64. The first-order valence-corrected chi connectivity index (χ1v) is 10.9. The third kappa shape index (κ3) is 6.76. The van der Waals surface area contributed by atoms with Gasteiger partial charge in [0.2, 0.25) is 0 Å². The average molecular weight is 446 g/mol. The van der Waals surface area contributed by atoms with Crippen molar-refractivity contribution in [1.29, 1.82) is 0 Å². The topological polar surface area (TPSA) is 76.1 Å². The molecule has 1 N–H and O–H groups in total. The minimum atomic E-state index is -1.05. The van der Waals surface area contributed by atoms with Crippen LogP contribution in [0.2, 0.25) is 10.0 Å². The molecule has 1 aliphatic rings. The van der Waals surface area contributed by atoms with Gasteiger partial charge >= 0.3 is 11.9 Å². The number of carbonyl (C=O) groups excluding carboxylic acids is 2. The molecule has 0 atom stereocenters. The molecule has 0 aromatic heterocycles. The molecular weight excluding hydrogens is 417 g/mol. The molecule has 0 unspecified atom stereocenters. The lowest BCUT2D eigenvalue weighted by Crippen LogP contribution is -2.44. The maximum absolute atomic E-state index is 12.5. The number of halogens is 2. The van der Waals surface area contributed by atoms with E-state index in [0.717, 1.165) is 32.1 Å². The zero-order valence-electron chi connectivity index (χ0n) is 17.0. The molecule has 1 aromatic rings. The number of ether oxygens (including phenoxy) is 2. The molecular formula is C21H29Cl2NO5. The van der Waals surface area contributed by atoms with Crippen molar-refractivity contribution in [1.82, 2.24) is 4.90 Å². The van der Waals surface area contributed by atoms with Gasteiger partial charge in [-0.2, -0.15) is 0 Å². The van der Waals surface area contributed by atoms with E-state index in [2.05, 4.69) is 0 Å². The first-order chi connectivity index (χ1) is 13.9. The zero-order chi connectivity index (χ0) is 21.4. The van der Waals surface area contributed by atoms with Gasteiger partial charge in [0.15, 0.2) is 5.92 Å². The van der Waals surface area contributed by atoms with Gasteiger partial charge in [0.1, 0.15) is 5.75 Å². The summed E-state index contributed by atoms with van der Waals surface area (Å²) >= 11 is 12.2. The van der Waals surface area contributed by atoms with Crippen LogP contribution < -0.4 is 0 Å². The van der Waals surface area contributed by atoms with E-state index in [4.69, 9.17) is 32.7 Å². The first-order valence-electron chi connectivity index (χ1n) is 10.1. The van der Waals surface area contributed by atoms with Crippen LogP contribution in [0.3, 0.4) is 0 Å². The fourth-order valence-corrected chi connectivity index (χ4v) is 4.25. The summed E-state index contributed by atoms with van der Waals surface area (Å²) in [7, 11) is 0. The Morgan fingerprint density at radius 3 is 2.24 bits per heavy atom. The smallest absolute Gasteiger partial charge is 0.321 e. The Bertz CT molecular complexity index is 689. The predicted molar refractivity (Wildman–Crippen MR) is 112 cm³/mol. The fraction of sp³-hybridized carbons (Fsp3) is 0.619. The molecule has 0 amide bonds. The number of phenols is 1. The Hall–Kier alpha value is -1.50. The molecule has 1 aliphatic carbocycles. The van der Waals surface area contributed by atoms with E-state index in [0.29, 0.717) is 17.1 Å². The van der Waals surface area contributed by atoms with E-state index < -0.39 is 17.9 Å². The second kappa shape index (κ2) is 11.6. The number of benzene rings is 1. The molecule has 0 bridgehead atoms. The van der Waals surface area contributed by atoms with Crippen LogP contribution in [-0.4, -0.2) is 47.7 Å². The van der Waals surface area contributed by atoms with E-state index >= 15 is 0 Å². The Morgan fingerprint density at radius 1 is 1.10 bits per heavy atom. The standard InChI is InChI=1S/C21H29Cl2NO5/c1-3-28-20(26)17(21(27)29-4-2)13-24(16-8-6-5-7-9-16)12-14-10-15(22)11-18(23)19(14)25/h10-11,16-17,25H,3-9,12-13H2,1-2H3. The van der Waals surface area contributed by atoms with Gasteiger partial charge in [0.05, 0.1) is 18.2 Å². The number of hydrogen-bond acceptors (Lipinski definition) is 6. The molecule has 0 aliphatic heterocycles. The van der Waals surface area contributed by atoms with Crippen LogP contribution in [0.15, 0.2) is 12.1 Å². The summed E-state index contributed by atoms with van der Waals surface area (Å²) in [6, 6.07) is 3.31. The maximum atomic E-state index is 12.5. The quantitative estimate of drug-likeness (QED) is 0.442. The molecule has 1 aromatic carbocycles. The van der Waals surface area contributed by atoms with Gasteiger partial charge in [-0.15, -0.1) is 0 Å².